The van der Waals surface area contributed by atoms with Crippen LogP contribution in [0.5, 0.6) is 0 Å². The van der Waals surface area contributed by atoms with Crippen molar-refractivity contribution >= 4 is 11.3 Å². The van der Waals surface area contributed by atoms with Gasteiger partial charge in [-0.15, -0.1) is 11.3 Å². The van der Waals surface area contributed by atoms with E-state index < -0.39 is 0 Å². The van der Waals surface area contributed by atoms with Gasteiger partial charge in [0.25, 0.3) is 0 Å². The second-order valence-corrected chi connectivity index (χ2v) is 6.95. The largest absolute Gasteiger partial charge is 0.310 e. The lowest BCUT2D eigenvalue weighted by Gasteiger charge is -2.15. The Balaban J connectivity index is 1.52. The van der Waals surface area contributed by atoms with Crippen molar-refractivity contribution in [1.82, 2.24) is 10.2 Å². The summed E-state index contributed by atoms with van der Waals surface area (Å²) in [5.41, 5.74) is 1.46. The number of nitrogens with one attached hydrogen (secondary N) is 1. The molecule has 94 valence electrons. The molecule has 2 nitrogen and oxygen atoms in total. The fourth-order valence-electron chi connectivity index (χ4n) is 2.64. The number of nitrogens with zero attached hydrogens (tertiary/aromatic N) is 1. The van der Waals surface area contributed by atoms with Crippen molar-refractivity contribution in [2.45, 2.75) is 51.7 Å². The van der Waals surface area contributed by atoms with Gasteiger partial charge in [0, 0.05) is 41.5 Å². The Labute approximate surface area is 108 Å². The van der Waals surface area contributed by atoms with Crippen molar-refractivity contribution in [1.29, 1.82) is 0 Å². The highest BCUT2D eigenvalue weighted by Crippen LogP contribution is 2.25. The highest BCUT2D eigenvalue weighted by molar-refractivity contribution is 7.12. The molecule has 1 aromatic rings. The van der Waals surface area contributed by atoms with Gasteiger partial charge in [0.05, 0.1) is 0 Å². The Morgan fingerprint density at radius 3 is 2.76 bits per heavy atom. The van der Waals surface area contributed by atoms with Gasteiger partial charge < -0.3 is 5.32 Å². The van der Waals surface area contributed by atoms with E-state index in [-0.39, 0.29) is 0 Å². The minimum Gasteiger partial charge on any atom is -0.310 e. The molecule has 3 heteroatoms. The maximum absolute atomic E-state index is 3.75. The van der Waals surface area contributed by atoms with Crippen molar-refractivity contribution in [2.75, 3.05) is 13.1 Å². The first-order valence-corrected chi connectivity index (χ1v) is 7.56. The second kappa shape index (κ2) is 4.71. The summed E-state index contributed by atoms with van der Waals surface area (Å²) < 4.78 is 0. The number of thiophene rings is 1. The number of hydrogen-bond donors (Lipinski definition) is 1. The maximum atomic E-state index is 3.75. The van der Waals surface area contributed by atoms with Crippen LogP contribution in [0.15, 0.2) is 6.07 Å². The highest BCUT2D eigenvalue weighted by atomic mass is 32.1. The highest BCUT2D eigenvalue weighted by Gasteiger charge is 2.29. The molecule has 0 radical (unpaired) electrons. The summed E-state index contributed by atoms with van der Waals surface area (Å²) in [6, 6.07) is 3.97. The molecule has 0 bridgehead atoms. The summed E-state index contributed by atoms with van der Waals surface area (Å²) in [4.78, 5) is 5.61. The van der Waals surface area contributed by atoms with Gasteiger partial charge >= 0.3 is 0 Å². The summed E-state index contributed by atoms with van der Waals surface area (Å²) in [7, 11) is 0. The molecular formula is C14H22N2S. The molecule has 2 fully saturated rings. The number of likely N-dealkylation sites (tertiary alicyclic amines) is 1. The van der Waals surface area contributed by atoms with Gasteiger partial charge in [0.15, 0.2) is 0 Å². The van der Waals surface area contributed by atoms with Gasteiger partial charge in [-0.3, -0.25) is 4.90 Å². The molecular weight excluding hydrogens is 228 g/mol. The third-order valence-electron chi connectivity index (χ3n) is 3.92. The predicted octanol–water partition coefficient (Wildman–Crippen LogP) is 2.69. The molecule has 1 saturated carbocycles. The minimum atomic E-state index is 0.754. The normalized spacial score (nSPS) is 25.6. The predicted molar refractivity (Wildman–Crippen MR) is 73.6 cm³/mol. The van der Waals surface area contributed by atoms with Crippen LogP contribution >= 0.6 is 11.3 Å². The van der Waals surface area contributed by atoms with Gasteiger partial charge in [0.1, 0.15) is 0 Å². The van der Waals surface area contributed by atoms with Crippen molar-refractivity contribution in [3.63, 3.8) is 0 Å². The number of hydrogen-bond acceptors (Lipinski definition) is 3. The molecule has 1 atom stereocenters. The molecule has 1 unspecified atom stereocenters. The molecule has 2 heterocycles. The van der Waals surface area contributed by atoms with E-state index in [1.54, 1.807) is 0 Å². The van der Waals surface area contributed by atoms with Crippen LogP contribution < -0.4 is 5.32 Å². The molecule has 1 saturated heterocycles. The van der Waals surface area contributed by atoms with Crippen molar-refractivity contribution in [2.24, 2.45) is 0 Å². The summed E-state index contributed by atoms with van der Waals surface area (Å²) in [5, 5.41) is 3.75. The fraction of sp³-hybridized carbons (Fsp3) is 0.714. The van der Waals surface area contributed by atoms with E-state index in [0.717, 1.165) is 18.6 Å². The van der Waals surface area contributed by atoms with Crippen molar-refractivity contribution in [3.8, 4) is 0 Å². The average Bonchev–Trinajstić information content (AvgIpc) is 2.89. The molecule has 0 spiro atoms. The van der Waals surface area contributed by atoms with Crippen LogP contribution in [0.1, 0.15) is 34.6 Å². The van der Waals surface area contributed by atoms with Crippen molar-refractivity contribution < 1.29 is 0 Å². The zero-order valence-electron chi connectivity index (χ0n) is 10.8. The first-order chi connectivity index (χ1) is 8.20. The number of rotatable bonds is 4. The van der Waals surface area contributed by atoms with E-state index in [4.69, 9.17) is 0 Å². The SMILES string of the molecule is Cc1cc(CN2CCC(NC3CC3)C2)sc1C. The molecule has 3 rings (SSSR count). The molecule has 17 heavy (non-hydrogen) atoms. The average molecular weight is 250 g/mol. The first kappa shape index (κ1) is 11.7. The van der Waals surface area contributed by atoms with Crippen LogP contribution in [0.3, 0.4) is 0 Å². The molecule has 0 amide bonds. The number of aryl methyl sites for hydroxylation is 2. The zero-order valence-corrected chi connectivity index (χ0v) is 11.6. The fourth-order valence-corrected chi connectivity index (χ4v) is 3.74. The lowest BCUT2D eigenvalue weighted by Crippen LogP contribution is -2.33. The van der Waals surface area contributed by atoms with Gasteiger partial charge in [0.2, 0.25) is 0 Å². The first-order valence-electron chi connectivity index (χ1n) is 6.75. The maximum Gasteiger partial charge on any atom is 0.0328 e. The van der Waals surface area contributed by atoms with Crippen LogP contribution in [0.2, 0.25) is 0 Å². The minimum absolute atomic E-state index is 0.754. The molecule has 1 aliphatic carbocycles. The van der Waals surface area contributed by atoms with E-state index in [1.807, 2.05) is 11.3 Å². The monoisotopic (exact) mass is 250 g/mol. The van der Waals surface area contributed by atoms with E-state index in [9.17, 15) is 0 Å². The van der Waals surface area contributed by atoms with Crippen LogP contribution in [-0.2, 0) is 6.54 Å². The lowest BCUT2D eigenvalue weighted by atomic mass is 10.2. The second-order valence-electron chi connectivity index (χ2n) is 5.61. The Morgan fingerprint density at radius 1 is 1.29 bits per heavy atom. The molecule has 1 aromatic heterocycles. The quantitative estimate of drug-likeness (QED) is 0.884. The van der Waals surface area contributed by atoms with E-state index in [2.05, 4.69) is 30.1 Å². The van der Waals surface area contributed by atoms with Crippen molar-refractivity contribution in [3.05, 3.63) is 21.4 Å². The van der Waals surface area contributed by atoms with Crippen LogP contribution in [0.25, 0.3) is 0 Å². The Hall–Kier alpha value is -0.380. The lowest BCUT2D eigenvalue weighted by molar-refractivity contribution is 0.322. The molecule has 2 aliphatic rings. The summed E-state index contributed by atoms with van der Waals surface area (Å²) in [6.45, 7) is 8.11. The molecule has 0 aromatic carbocycles. The van der Waals surface area contributed by atoms with Crippen LogP contribution in [0.4, 0.5) is 0 Å². The smallest absolute Gasteiger partial charge is 0.0328 e. The van der Waals surface area contributed by atoms with E-state index >= 15 is 0 Å². The molecule has 1 N–H and O–H groups in total. The Kier molecular flexibility index (Phi) is 3.24. The van der Waals surface area contributed by atoms with E-state index in [0.29, 0.717) is 0 Å². The van der Waals surface area contributed by atoms with Crippen LogP contribution in [0, 0.1) is 13.8 Å². The van der Waals surface area contributed by atoms with Gasteiger partial charge in [-0.2, -0.15) is 0 Å². The van der Waals surface area contributed by atoms with Gasteiger partial charge in [-0.1, -0.05) is 0 Å². The van der Waals surface area contributed by atoms with E-state index in [1.165, 1.54) is 47.7 Å². The summed E-state index contributed by atoms with van der Waals surface area (Å²) >= 11 is 1.97. The van der Waals surface area contributed by atoms with Gasteiger partial charge in [-0.05, 0) is 44.7 Å². The van der Waals surface area contributed by atoms with Gasteiger partial charge in [-0.25, -0.2) is 0 Å². The third-order valence-corrected chi connectivity index (χ3v) is 5.05. The summed E-state index contributed by atoms with van der Waals surface area (Å²) in [5.74, 6) is 0. The topological polar surface area (TPSA) is 15.3 Å². The standard InChI is InChI=1S/C14H22N2S/c1-10-7-14(17-11(10)2)9-16-6-5-13(8-16)15-12-3-4-12/h7,12-13,15H,3-6,8-9H2,1-2H3. The van der Waals surface area contributed by atoms with Crippen LogP contribution in [-0.4, -0.2) is 30.1 Å². The Morgan fingerprint density at radius 2 is 2.12 bits per heavy atom. The summed E-state index contributed by atoms with van der Waals surface area (Å²) in [6.07, 6.45) is 4.14. The molecule has 1 aliphatic heterocycles. The third kappa shape index (κ3) is 2.90. The zero-order chi connectivity index (χ0) is 11.8. The Bertz CT molecular complexity index is 375.